The van der Waals surface area contributed by atoms with E-state index in [2.05, 4.69) is 37.0 Å². The molecule has 0 saturated heterocycles. The second-order valence-electron chi connectivity index (χ2n) is 11.0. The van der Waals surface area contributed by atoms with Crippen molar-refractivity contribution >= 4 is 17.1 Å². The summed E-state index contributed by atoms with van der Waals surface area (Å²) in [4.78, 5) is 17.7. The van der Waals surface area contributed by atoms with Crippen molar-refractivity contribution in [3.8, 4) is 17.5 Å². The number of fused-ring (bicyclic) bond motifs is 1. The van der Waals surface area contributed by atoms with Gasteiger partial charge in [0, 0.05) is 25.3 Å². The Hall–Kier alpha value is -4.41. The highest BCUT2D eigenvalue weighted by Gasteiger charge is 2.29. The van der Waals surface area contributed by atoms with Crippen LogP contribution in [0.3, 0.4) is 0 Å². The van der Waals surface area contributed by atoms with Gasteiger partial charge in [-0.25, -0.2) is 8.91 Å². The van der Waals surface area contributed by atoms with Gasteiger partial charge in [0.1, 0.15) is 18.8 Å². The minimum Gasteiger partial charge on any atom is -0.422 e. The first-order valence-corrected chi connectivity index (χ1v) is 13.8. The normalized spacial score (nSPS) is 18.0. The number of aromatic nitrogens is 5. The molecule has 220 valence electrons. The lowest BCUT2D eigenvalue weighted by molar-refractivity contribution is -0.00177. The number of amides is 1. The van der Waals surface area contributed by atoms with Crippen molar-refractivity contribution in [1.29, 1.82) is 5.26 Å². The van der Waals surface area contributed by atoms with Crippen LogP contribution in [0.5, 0.6) is 0 Å². The first kappa shape index (κ1) is 29.1. The van der Waals surface area contributed by atoms with Crippen LogP contribution in [0.1, 0.15) is 73.2 Å². The number of ether oxygens (including phenoxy) is 1. The summed E-state index contributed by atoms with van der Waals surface area (Å²) in [5.74, 6) is 0.678. The van der Waals surface area contributed by atoms with Crippen molar-refractivity contribution in [2.75, 3.05) is 19.0 Å². The summed E-state index contributed by atoms with van der Waals surface area (Å²) in [6.07, 6.45) is 4.50. The predicted molar refractivity (Wildman–Crippen MR) is 150 cm³/mol. The standard InChI is InChI=1S/C29H33FN8O4/c1-29(2,40)25(30)15-33-27(39)21-14-32-23(24-9-8-20-10-17(12-31)13-34-38(20)24)11-22(21)35-19-6-4-18(5-7-19)28-37-36-26(42-28)16-41-3/h8-11,13-14,18-19,25,40H,4-7,15-16H2,1-3H3,(H,32,35)(H,33,39)/t18?,19?,25-/m1/s1. The number of hydrogen-bond donors (Lipinski definition) is 3. The fraction of sp³-hybridized carbons (Fsp3) is 0.448. The summed E-state index contributed by atoms with van der Waals surface area (Å²) in [5, 5.41) is 37.8. The number of methoxy groups -OCH3 is 1. The minimum absolute atomic E-state index is 0.0510. The fourth-order valence-electron chi connectivity index (χ4n) is 5.00. The number of aliphatic hydroxyl groups is 1. The minimum atomic E-state index is -1.65. The summed E-state index contributed by atoms with van der Waals surface area (Å²) in [7, 11) is 1.57. The van der Waals surface area contributed by atoms with Crippen LogP contribution >= 0.6 is 0 Å². The molecule has 1 aliphatic carbocycles. The molecule has 0 aliphatic heterocycles. The molecule has 0 radical (unpaired) electrons. The molecule has 42 heavy (non-hydrogen) atoms. The number of halogens is 1. The highest BCUT2D eigenvalue weighted by molar-refractivity contribution is 6.00. The third kappa shape index (κ3) is 6.40. The van der Waals surface area contributed by atoms with E-state index in [4.69, 9.17) is 9.15 Å². The van der Waals surface area contributed by atoms with Gasteiger partial charge in [-0.2, -0.15) is 10.4 Å². The maximum absolute atomic E-state index is 14.4. The van der Waals surface area contributed by atoms with E-state index in [-0.39, 0.29) is 30.7 Å². The van der Waals surface area contributed by atoms with E-state index in [0.29, 0.717) is 34.4 Å². The van der Waals surface area contributed by atoms with Gasteiger partial charge in [0.05, 0.1) is 52.1 Å². The van der Waals surface area contributed by atoms with Crippen molar-refractivity contribution in [1.82, 2.24) is 30.1 Å². The molecule has 12 nitrogen and oxygen atoms in total. The van der Waals surface area contributed by atoms with Gasteiger partial charge in [0.2, 0.25) is 11.8 Å². The van der Waals surface area contributed by atoms with Gasteiger partial charge in [0.15, 0.2) is 0 Å². The van der Waals surface area contributed by atoms with Crippen LogP contribution in [0.2, 0.25) is 0 Å². The third-order valence-corrected chi connectivity index (χ3v) is 7.44. The molecule has 0 bridgehead atoms. The van der Waals surface area contributed by atoms with Crippen LogP contribution in [0, 0.1) is 11.3 Å². The largest absolute Gasteiger partial charge is 0.422 e. The molecule has 13 heteroatoms. The van der Waals surface area contributed by atoms with E-state index >= 15 is 0 Å². The monoisotopic (exact) mass is 576 g/mol. The summed E-state index contributed by atoms with van der Waals surface area (Å²) in [5.41, 5.74) is 1.63. The zero-order valence-corrected chi connectivity index (χ0v) is 23.7. The van der Waals surface area contributed by atoms with Gasteiger partial charge in [0.25, 0.3) is 5.91 Å². The Kier molecular flexibility index (Phi) is 8.46. The number of alkyl halides is 1. The Morgan fingerprint density at radius 3 is 2.76 bits per heavy atom. The Labute approximate surface area is 241 Å². The molecule has 4 aromatic rings. The predicted octanol–water partition coefficient (Wildman–Crippen LogP) is 3.77. The Morgan fingerprint density at radius 2 is 2.05 bits per heavy atom. The zero-order chi connectivity index (χ0) is 29.9. The van der Waals surface area contributed by atoms with Crippen molar-refractivity contribution < 1.29 is 23.4 Å². The van der Waals surface area contributed by atoms with E-state index in [1.807, 2.05) is 12.1 Å². The van der Waals surface area contributed by atoms with Gasteiger partial charge in [-0.15, -0.1) is 10.2 Å². The van der Waals surface area contributed by atoms with Gasteiger partial charge in [-0.05, 0) is 63.8 Å². The van der Waals surface area contributed by atoms with Crippen molar-refractivity contribution in [3.63, 3.8) is 0 Å². The van der Waals surface area contributed by atoms with Gasteiger partial charge in [-0.1, -0.05) is 0 Å². The molecule has 4 aromatic heterocycles. The lowest BCUT2D eigenvalue weighted by atomic mass is 9.85. The number of carbonyl (C=O) groups is 1. The summed E-state index contributed by atoms with van der Waals surface area (Å²) in [6, 6.07) is 9.33. The van der Waals surface area contributed by atoms with Crippen molar-refractivity contribution in [2.24, 2.45) is 0 Å². The molecule has 1 amide bonds. The van der Waals surface area contributed by atoms with Crippen LogP contribution in [-0.4, -0.2) is 67.3 Å². The maximum atomic E-state index is 14.4. The Bertz CT molecular complexity index is 1600. The lowest BCUT2D eigenvalue weighted by Crippen LogP contribution is -2.42. The van der Waals surface area contributed by atoms with E-state index < -0.39 is 17.7 Å². The smallest absolute Gasteiger partial charge is 0.255 e. The van der Waals surface area contributed by atoms with Crippen LogP contribution in [0.15, 0.2) is 41.1 Å². The number of pyridine rings is 1. The Morgan fingerprint density at radius 1 is 1.26 bits per heavy atom. The van der Waals surface area contributed by atoms with E-state index in [1.165, 1.54) is 26.2 Å². The SMILES string of the molecule is COCc1nnc(C2CCC(Nc3cc(-c4ccc5cc(C#N)cnn45)ncc3C(=O)NC[C@@H](F)C(C)(C)O)CC2)o1. The third-order valence-electron chi connectivity index (χ3n) is 7.44. The Balaban J connectivity index is 1.38. The summed E-state index contributed by atoms with van der Waals surface area (Å²) < 4.78 is 26.9. The molecule has 1 saturated carbocycles. The average molecular weight is 577 g/mol. The highest BCUT2D eigenvalue weighted by atomic mass is 19.1. The summed E-state index contributed by atoms with van der Waals surface area (Å²) >= 11 is 0. The van der Waals surface area contributed by atoms with E-state index in [9.17, 15) is 19.6 Å². The molecule has 1 aliphatic rings. The number of anilines is 1. The zero-order valence-electron chi connectivity index (χ0n) is 23.7. The highest BCUT2D eigenvalue weighted by Crippen LogP contribution is 2.34. The molecule has 3 N–H and O–H groups in total. The first-order chi connectivity index (χ1) is 20.2. The molecule has 0 spiro atoms. The number of nitrogens with one attached hydrogen (secondary N) is 2. The average Bonchev–Trinajstić information content (AvgIpc) is 3.63. The molecular formula is C29H33FN8O4. The molecule has 1 atom stereocenters. The number of rotatable bonds is 10. The van der Waals surface area contributed by atoms with Crippen LogP contribution in [0.25, 0.3) is 16.9 Å². The lowest BCUT2D eigenvalue weighted by Gasteiger charge is -2.29. The molecule has 0 aromatic carbocycles. The molecule has 0 unspecified atom stereocenters. The number of nitriles is 1. The van der Waals surface area contributed by atoms with E-state index in [1.54, 1.807) is 23.8 Å². The first-order valence-electron chi connectivity index (χ1n) is 13.8. The topological polar surface area (TPSA) is 163 Å². The molecular weight excluding hydrogens is 543 g/mol. The van der Waals surface area contributed by atoms with E-state index in [0.717, 1.165) is 31.2 Å². The second kappa shape index (κ2) is 12.2. The van der Waals surface area contributed by atoms with Crippen LogP contribution in [0.4, 0.5) is 10.1 Å². The molecule has 1 fully saturated rings. The fourth-order valence-corrected chi connectivity index (χ4v) is 5.00. The second-order valence-corrected chi connectivity index (χ2v) is 11.0. The van der Waals surface area contributed by atoms with Crippen molar-refractivity contribution in [2.45, 2.75) is 69.9 Å². The number of carbonyl (C=O) groups excluding carboxylic acids is 1. The number of nitrogens with zero attached hydrogens (tertiary/aromatic N) is 6. The number of hydrogen-bond acceptors (Lipinski definition) is 10. The van der Waals surface area contributed by atoms with Gasteiger partial charge < -0.3 is 24.9 Å². The van der Waals surface area contributed by atoms with Gasteiger partial charge >= 0.3 is 0 Å². The maximum Gasteiger partial charge on any atom is 0.255 e. The quantitative estimate of drug-likeness (QED) is 0.253. The van der Waals surface area contributed by atoms with Gasteiger partial charge in [-0.3, -0.25) is 9.78 Å². The van der Waals surface area contributed by atoms with Crippen LogP contribution in [-0.2, 0) is 11.3 Å². The van der Waals surface area contributed by atoms with Crippen molar-refractivity contribution in [3.05, 3.63) is 59.6 Å². The molecule has 5 rings (SSSR count). The van der Waals surface area contributed by atoms with Crippen LogP contribution < -0.4 is 10.6 Å². The molecule has 4 heterocycles. The summed E-state index contributed by atoms with van der Waals surface area (Å²) in [6.45, 7) is 2.62.